The van der Waals surface area contributed by atoms with Gasteiger partial charge in [0.25, 0.3) is 0 Å². The number of hydrogen-bond donors (Lipinski definition) is 1. The van der Waals surface area contributed by atoms with E-state index in [0.29, 0.717) is 12.0 Å². The van der Waals surface area contributed by atoms with Crippen LogP contribution in [0.5, 0.6) is 0 Å². The predicted molar refractivity (Wildman–Crippen MR) is 82.3 cm³/mol. The summed E-state index contributed by atoms with van der Waals surface area (Å²) < 4.78 is 0. The normalized spacial score (nSPS) is 52.3. The second kappa shape index (κ2) is 4.26. The van der Waals surface area contributed by atoms with Crippen molar-refractivity contribution in [2.75, 3.05) is 0 Å². The van der Waals surface area contributed by atoms with Gasteiger partial charge in [0.1, 0.15) is 0 Å². The molecule has 4 nitrogen and oxygen atoms in total. The van der Waals surface area contributed by atoms with Crippen molar-refractivity contribution in [1.82, 2.24) is 4.90 Å². The van der Waals surface area contributed by atoms with Gasteiger partial charge in [0.15, 0.2) is 0 Å². The third-order valence-corrected chi connectivity index (χ3v) is 7.49. The number of piperidine rings is 1. The standard InChI is InChI=1S/C18H25N3O/c1-20-15-6-13-5-14(13)21(15)17(22)16(19)18-7-10-2-11(8-18)4-12(3-10)9-18/h10-16H,2-9,19H2/t10?,11?,12?,13-,14?,15-,16+,18?/m0/s1. The summed E-state index contributed by atoms with van der Waals surface area (Å²) >= 11 is 0. The van der Waals surface area contributed by atoms with Gasteiger partial charge in [-0.05, 0) is 74.0 Å². The predicted octanol–water partition coefficient (Wildman–Crippen LogP) is 2.40. The lowest BCUT2D eigenvalue weighted by molar-refractivity contribution is -0.144. The van der Waals surface area contributed by atoms with E-state index in [1.165, 1.54) is 19.3 Å². The maximum Gasteiger partial charge on any atom is 0.301 e. The third kappa shape index (κ3) is 1.69. The average molecular weight is 299 g/mol. The first-order valence-corrected chi connectivity index (χ1v) is 9.04. The number of amides is 1. The summed E-state index contributed by atoms with van der Waals surface area (Å²) in [7, 11) is 0. The van der Waals surface area contributed by atoms with Crippen LogP contribution in [0.15, 0.2) is 0 Å². The summed E-state index contributed by atoms with van der Waals surface area (Å²) in [6.07, 6.45) is 9.37. The molecule has 0 aromatic rings. The Labute approximate surface area is 132 Å². The summed E-state index contributed by atoms with van der Waals surface area (Å²) in [5.74, 6) is 3.14. The SMILES string of the molecule is [C-]#[N+][C@@H]1C[C@@H]2CC2N1C(=O)[C@@H](N)C12CC3CC(CC(C3)C1)C2. The van der Waals surface area contributed by atoms with E-state index in [1.807, 2.05) is 4.90 Å². The maximum atomic E-state index is 13.1. The largest absolute Gasteiger partial charge is 0.319 e. The quantitative estimate of drug-likeness (QED) is 0.796. The van der Waals surface area contributed by atoms with Crippen LogP contribution < -0.4 is 5.73 Å². The van der Waals surface area contributed by atoms with Crippen LogP contribution in [-0.2, 0) is 4.79 Å². The fourth-order valence-corrected chi connectivity index (χ4v) is 6.84. The van der Waals surface area contributed by atoms with Gasteiger partial charge >= 0.3 is 6.17 Å². The molecule has 4 bridgehead atoms. The molecule has 4 heteroatoms. The van der Waals surface area contributed by atoms with Gasteiger partial charge in [-0.3, -0.25) is 14.5 Å². The Hall–Kier alpha value is -1.08. The molecule has 6 fully saturated rings. The van der Waals surface area contributed by atoms with Crippen molar-refractivity contribution < 1.29 is 4.79 Å². The highest BCUT2D eigenvalue weighted by Crippen LogP contribution is 2.61. The highest BCUT2D eigenvalue weighted by Gasteiger charge is 2.61. The number of rotatable bonds is 2. The highest BCUT2D eigenvalue weighted by atomic mass is 16.2. The summed E-state index contributed by atoms with van der Waals surface area (Å²) in [5.41, 5.74) is 6.66. The highest BCUT2D eigenvalue weighted by molar-refractivity contribution is 5.84. The molecule has 4 atom stereocenters. The fourth-order valence-electron chi connectivity index (χ4n) is 6.84. The van der Waals surface area contributed by atoms with Gasteiger partial charge in [-0.15, -0.1) is 0 Å². The molecular formula is C18H25N3O. The van der Waals surface area contributed by atoms with Gasteiger partial charge in [0.2, 0.25) is 5.91 Å². The van der Waals surface area contributed by atoms with Gasteiger partial charge in [0, 0.05) is 12.5 Å². The number of carbonyl (C=O) groups excluding carboxylic acids is 1. The first-order chi connectivity index (χ1) is 10.6. The Morgan fingerprint density at radius 2 is 1.68 bits per heavy atom. The third-order valence-electron chi connectivity index (χ3n) is 7.49. The molecule has 22 heavy (non-hydrogen) atoms. The molecule has 6 rings (SSSR count). The maximum absolute atomic E-state index is 13.1. The fraction of sp³-hybridized carbons (Fsp3) is 0.889. The monoisotopic (exact) mass is 299 g/mol. The van der Waals surface area contributed by atoms with Crippen LogP contribution >= 0.6 is 0 Å². The number of nitrogens with zero attached hydrogens (tertiary/aromatic N) is 2. The zero-order valence-electron chi connectivity index (χ0n) is 13.1. The first kappa shape index (κ1) is 13.4. The van der Waals surface area contributed by atoms with E-state index >= 15 is 0 Å². The minimum atomic E-state index is -0.357. The van der Waals surface area contributed by atoms with E-state index in [1.54, 1.807) is 0 Å². The Morgan fingerprint density at radius 3 is 2.23 bits per heavy atom. The Morgan fingerprint density at radius 1 is 1.09 bits per heavy atom. The van der Waals surface area contributed by atoms with Crippen LogP contribution in [0.25, 0.3) is 4.85 Å². The molecule has 2 N–H and O–H groups in total. The smallest absolute Gasteiger partial charge is 0.301 e. The first-order valence-electron chi connectivity index (χ1n) is 9.04. The lowest BCUT2D eigenvalue weighted by Gasteiger charge is -2.58. The lowest BCUT2D eigenvalue weighted by atomic mass is 9.47. The molecule has 5 aliphatic carbocycles. The molecule has 0 aromatic heterocycles. The number of fused-ring (bicyclic) bond motifs is 1. The van der Waals surface area contributed by atoms with Gasteiger partial charge in [-0.25, -0.2) is 6.57 Å². The van der Waals surface area contributed by atoms with Crippen molar-refractivity contribution in [2.45, 2.75) is 69.6 Å². The van der Waals surface area contributed by atoms with E-state index in [-0.39, 0.29) is 23.5 Å². The van der Waals surface area contributed by atoms with Crippen molar-refractivity contribution in [3.05, 3.63) is 11.4 Å². The molecule has 0 radical (unpaired) electrons. The van der Waals surface area contributed by atoms with E-state index in [4.69, 9.17) is 12.3 Å². The minimum absolute atomic E-state index is 0.0609. The molecule has 6 aliphatic rings. The minimum Gasteiger partial charge on any atom is -0.319 e. The lowest BCUT2D eigenvalue weighted by Crippen LogP contribution is -2.60. The van der Waals surface area contributed by atoms with Crippen molar-refractivity contribution >= 4 is 5.91 Å². The van der Waals surface area contributed by atoms with Gasteiger partial charge in [-0.2, -0.15) is 0 Å². The number of hydrogen-bond acceptors (Lipinski definition) is 2. The number of likely N-dealkylation sites (tertiary alicyclic amines) is 1. The summed E-state index contributed by atoms with van der Waals surface area (Å²) in [6.45, 7) is 7.39. The summed E-state index contributed by atoms with van der Waals surface area (Å²) in [4.78, 5) is 18.7. The van der Waals surface area contributed by atoms with Gasteiger partial charge in [0.05, 0.1) is 6.04 Å². The molecule has 1 aliphatic heterocycles. The Balaban J connectivity index is 1.41. The van der Waals surface area contributed by atoms with E-state index in [2.05, 4.69) is 4.85 Å². The molecule has 0 aromatic carbocycles. The molecule has 0 spiro atoms. The Bertz CT molecular complexity index is 530. The summed E-state index contributed by atoms with van der Waals surface area (Å²) in [5, 5.41) is 0. The second-order valence-corrected chi connectivity index (χ2v) is 8.91. The average Bonchev–Trinajstić information content (AvgIpc) is 3.15. The summed E-state index contributed by atoms with van der Waals surface area (Å²) in [6, 6.07) is -0.0175. The molecule has 1 heterocycles. The van der Waals surface area contributed by atoms with Crippen molar-refractivity contribution in [3.63, 3.8) is 0 Å². The number of nitrogens with two attached hydrogens (primary N) is 1. The molecule has 5 saturated carbocycles. The Kier molecular flexibility index (Phi) is 2.59. The van der Waals surface area contributed by atoms with Gasteiger partial charge < -0.3 is 5.73 Å². The number of carbonyl (C=O) groups is 1. The second-order valence-electron chi connectivity index (χ2n) is 8.91. The molecule has 118 valence electrons. The molecule has 1 amide bonds. The van der Waals surface area contributed by atoms with Crippen molar-refractivity contribution in [1.29, 1.82) is 0 Å². The molecular weight excluding hydrogens is 274 g/mol. The van der Waals surface area contributed by atoms with E-state index in [0.717, 1.165) is 49.9 Å². The van der Waals surface area contributed by atoms with Gasteiger partial charge in [-0.1, -0.05) is 0 Å². The van der Waals surface area contributed by atoms with E-state index < -0.39 is 0 Å². The van der Waals surface area contributed by atoms with Crippen molar-refractivity contribution in [3.8, 4) is 0 Å². The van der Waals surface area contributed by atoms with Crippen molar-refractivity contribution in [2.24, 2.45) is 34.8 Å². The zero-order valence-corrected chi connectivity index (χ0v) is 13.1. The van der Waals surface area contributed by atoms with Crippen LogP contribution in [0.2, 0.25) is 0 Å². The van der Waals surface area contributed by atoms with E-state index in [9.17, 15) is 4.79 Å². The van der Waals surface area contributed by atoms with Crippen LogP contribution in [0.3, 0.4) is 0 Å². The van der Waals surface area contributed by atoms with Crippen LogP contribution in [-0.4, -0.2) is 29.1 Å². The topological polar surface area (TPSA) is 50.7 Å². The van der Waals surface area contributed by atoms with Crippen LogP contribution in [0, 0.1) is 35.7 Å². The molecule has 1 unspecified atom stereocenters. The zero-order chi connectivity index (χ0) is 15.1. The molecule has 1 saturated heterocycles. The van der Waals surface area contributed by atoms with Crippen LogP contribution in [0.4, 0.5) is 0 Å². The van der Waals surface area contributed by atoms with Crippen LogP contribution in [0.1, 0.15) is 51.4 Å².